The quantitative estimate of drug-likeness (QED) is 0.616. The number of carbonyl (C=O) groups excluding carboxylic acids is 1. The fourth-order valence-corrected chi connectivity index (χ4v) is 4.51. The van der Waals surface area contributed by atoms with Crippen LogP contribution < -0.4 is 10.1 Å². The highest BCUT2D eigenvalue weighted by molar-refractivity contribution is 5.88. The lowest BCUT2D eigenvalue weighted by atomic mass is 9.92. The molecule has 2 aromatic rings. The van der Waals surface area contributed by atoms with Crippen molar-refractivity contribution >= 4 is 23.8 Å². The maximum atomic E-state index is 14.3. The van der Waals surface area contributed by atoms with Crippen LogP contribution in [0.25, 0.3) is 0 Å². The van der Waals surface area contributed by atoms with E-state index in [4.69, 9.17) is 19.6 Å². The normalized spacial score (nSPS) is 24.8. The lowest BCUT2D eigenvalue weighted by Gasteiger charge is -2.47. The van der Waals surface area contributed by atoms with Gasteiger partial charge in [-0.15, -0.1) is 0 Å². The van der Waals surface area contributed by atoms with E-state index in [1.807, 2.05) is 13.8 Å². The van der Waals surface area contributed by atoms with Gasteiger partial charge in [-0.1, -0.05) is 6.07 Å². The second-order valence-corrected chi connectivity index (χ2v) is 9.48. The Hall–Kier alpha value is -3.27. The van der Waals surface area contributed by atoms with Crippen LogP contribution >= 0.6 is 0 Å². The Labute approximate surface area is 197 Å². The number of nitrogens with one attached hydrogen (secondary N) is 2. The van der Waals surface area contributed by atoms with Crippen LogP contribution in [0.4, 0.5) is 20.7 Å². The third-order valence-corrected chi connectivity index (χ3v) is 6.62. The molecular weight excluding hydrogens is 441 g/mol. The number of aryl methyl sites for hydroxylation is 1. The molecular formula is C24H28FN5O4. The molecule has 1 aliphatic carbocycles. The van der Waals surface area contributed by atoms with Gasteiger partial charge in [0.2, 0.25) is 5.88 Å². The molecule has 0 radical (unpaired) electrons. The highest BCUT2D eigenvalue weighted by Gasteiger charge is 2.48. The summed E-state index contributed by atoms with van der Waals surface area (Å²) in [5.41, 5.74) is 1.05. The predicted octanol–water partition coefficient (Wildman–Crippen LogP) is 3.97. The summed E-state index contributed by atoms with van der Waals surface area (Å²) >= 11 is 0. The van der Waals surface area contributed by atoms with Crippen LogP contribution in [0, 0.1) is 18.2 Å². The number of hydrogen-bond acceptors (Lipinski definition) is 8. The van der Waals surface area contributed by atoms with E-state index in [2.05, 4.69) is 15.3 Å². The number of carbonyl (C=O) groups is 1. The van der Waals surface area contributed by atoms with Gasteiger partial charge in [-0.25, -0.2) is 19.2 Å². The highest BCUT2D eigenvalue weighted by atomic mass is 19.1. The molecule has 0 spiro atoms. The van der Waals surface area contributed by atoms with Gasteiger partial charge < -0.3 is 24.9 Å². The number of halogens is 1. The summed E-state index contributed by atoms with van der Waals surface area (Å²) in [7, 11) is 0. The largest absolute Gasteiger partial charge is 0.474 e. The number of aromatic nitrogens is 2. The van der Waals surface area contributed by atoms with Crippen LogP contribution in [0.1, 0.15) is 43.7 Å². The van der Waals surface area contributed by atoms with E-state index < -0.39 is 5.82 Å². The molecule has 2 aliphatic heterocycles. The van der Waals surface area contributed by atoms with Crippen LogP contribution in [-0.4, -0.2) is 64.2 Å². The van der Waals surface area contributed by atoms with Gasteiger partial charge in [0.15, 0.2) is 0 Å². The molecule has 5 rings (SSSR count). The van der Waals surface area contributed by atoms with Crippen molar-refractivity contribution in [2.24, 2.45) is 0 Å². The molecule has 1 aromatic heterocycles. The fraction of sp³-hybridized carbons (Fsp3) is 0.500. The van der Waals surface area contributed by atoms with E-state index in [0.29, 0.717) is 31.6 Å². The number of nitrogens with zero attached hydrogens (tertiary/aromatic N) is 3. The molecule has 1 aromatic carbocycles. The van der Waals surface area contributed by atoms with Gasteiger partial charge in [0, 0.05) is 19.1 Å². The van der Waals surface area contributed by atoms with Crippen LogP contribution in [0.3, 0.4) is 0 Å². The number of rotatable bonds is 6. The van der Waals surface area contributed by atoms with E-state index >= 15 is 0 Å². The number of piperidine rings is 1. The molecule has 2 unspecified atom stereocenters. The second kappa shape index (κ2) is 8.83. The minimum atomic E-state index is -0.413. The Morgan fingerprint density at radius 1 is 1.29 bits per heavy atom. The SMILES string of the molecule is Cc1ccc(Nc2ncnc(OC3CC4COCC(C3)N4C(=O)OC3(C)CC3)c2C=N)c(F)c1. The molecule has 3 fully saturated rings. The zero-order chi connectivity index (χ0) is 23.9. The summed E-state index contributed by atoms with van der Waals surface area (Å²) in [6.07, 6.45) is 4.81. The number of hydrogen-bond donors (Lipinski definition) is 2. The van der Waals surface area contributed by atoms with E-state index in [-0.39, 0.29) is 47.3 Å². The first-order chi connectivity index (χ1) is 16.3. The van der Waals surface area contributed by atoms with Crippen molar-refractivity contribution in [2.45, 2.75) is 63.3 Å². The van der Waals surface area contributed by atoms with Crippen molar-refractivity contribution in [1.82, 2.24) is 14.9 Å². The van der Waals surface area contributed by atoms with E-state index in [9.17, 15) is 9.18 Å². The summed E-state index contributed by atoms with van der Waals surface area (Å²) in [6, 6.07) is 4.53. The summed E-state index contributed by atoms with van der Waals surface area (Å²) in [5.74, 6) is 0.111. The van der Waals surface area contributed by atoms with Gasteiger partial charge in [-0.05, 0) is 44.4 Å². The van der Waals surface area contributed by atoms with E-state index in [1.54, 1.807) is 17.0 Å². The second-order valence-electron chi connectivity index (χ2n) is 9.48. The van der Waals surface area contributed by atoms with Crippen molar-refractivity contribution in [3.8, 4) is 5.88 Å². The molecule has 2 saturated heterocycles. The van der Waals surface area contributed by atoms with Gasteiger partial charge in [0.25, 0.3) is 0 Å². The molecule has 3 aliphatic rings. The van der Waals surface area contributed by atoms with E-state index in [1.165, 1.54) is 12.4 Å². The highest BCUT2D eigenvalue weighted by Crippen LogP contribution is 2.40. The van der Waals surface area contributed by atoms with Crippen LogP contribution in [0.2, 0.25) is 0 Å². The number of benzene rings is 1. The number of anilines is 2. The average molecular weight is 470 g/mol. The number of fused-ring (bicyclic) bond motifs is 2. The standard InChI is InChI=1S/C24H28FN5O4/c1-14-3-4-20(19(25)7-14)29-21-18(10-26)22(28-13-27-21)33-17-8-15-11-32-12-16(9-17)30(15)23(31)34-24(2)5-6-24/h3-4,7,10,13,15-17,26H,5-6,8-9,11-12H2,1-2H3,(H,27,28,29). The number of morpholine rings is 1. The fourth-order valence-electron chi connectivity index (χ4n) is 4.51. The maximum Gasteiger partial charge on any atom is 0.410 e. The first-order valence-corrected chi connectivity index (χ1v) is 11.5. The lowest BCUT2D eigenvalue weighted by molar-refractivity contribution is -0.0955. The first-order valence-electron chi connectivity index (χ1n) is 11.5. The monoisotopic (exact) mass is 469 g/mol. The van der Waals surface area contributed by atoms with Crippen LogP contribution in [0.5, 0.6) is 5.88 Å². The zero-order valence-electron chi connectivity index (χ0n) is 19.2. The maximum absolute atomic E-state index is 14.3. The Balaban J connectivity index is 1.31. The van der Waals surface area contributed by atoms with Gasteiger partial charge in [0.05, 0.1) is 36.5 Å². The average Bonchev–Trinajstić information content (AvgIpc) is 3.51. The molecule has 2 bridgehead atoms. The molecule has 9 nitrogen and oxygen atoms in total. The van der Waals surface area contributed by atoms with E-state index in [0.717, 1.165) is 24.6 Å². The third kappa shape index (κ3) is 4.54. The smallest absolute Gasteiger partial charge is 0.410 e. The summed E-state index contributed by atoms with van der Waals surface area (Å²) in [5, 5.41) is 10.8. The molecule has 34 heavy (non-hydrogen) atoms. The van der Waals surface area contributed by atoms with Crippen LogP contribution in [-0.2, 0) is 9.47 Å². The molecule has 180 valence electrons. The lowest BCUT2D eigenvalue weighted by Crippen LogP contribution is -2.61. The van der Waals surface area contributed by atoms with Gasteiger partial charge in [-0.3, -0.25) is 4.90 Å². The molecule has 2 atom stereocenters. The molecule has 1 amide bonds. The van der Waals surface area contributed by atoms with Gasteiger partial charge >= 0.3 is 6.09 Å². The van der Waals surface area contributed by atoms with Crippen molar-refractivity contribution in [3.05, 3.63) is 41.5 Å². The Bertz CT molecular complexity index is 1090. The summed E-state index contributed by atoms with van der Waals surface area (Å²) < 4.78 is 32.0. The van der Waals surface area contributed by atoms with Gasteiger partial charge in [0.1, 0.15) is 29.7 Å². The molecule has 1 saturated carbocycles. The summed E-state index contributed by atoms with van der Waals surface area (Å²) in [4.78, 5) is 23.0. The minimum absolute atomic E-state index is 0.156. The number of amides is 1. The molecule has 2 N–H and O–H groups in total. The summed E-state index contributed by atoms with van der Waals surface area (Å²) in [6.45, 7) is 4.60. The van der Waals surface area contributed by atoms with Crippen molar-refractivity contribution in [3.63, 3.8) is 0 Å². The zero-order valence-corrected chi connectivity index (χ0v) is 19.2. The Morgan fingerprint density at radius 3 is 2.68 bits per heavy atom. The topological polar surface area (TPSA) is 110 Å². The van der Waals surface area contributed by atoms with Crippen molar-refractivity contribution in [2.75, 3.05) is 18.5 Å². The third-order valence-electron chi connectivity index (χ3n) is 6.62. The Kier molecular flexibility index (Phi) is 5.85. The molecule has 3 heterocycles. The predicted molar refractivity (Wildman–Crippen MR) is 122 cm³/mol. The number of ether oxygens (including phenoxy) is 3. The Morgan fingerprint density at radius 2 is 2.03 bits per heavy atom. The molecule has 10 heteroatoms. The van der Waals surface area contributed by atoms with Gasteiger partial charge in [-0.2, -0.15) is 0 Å². The first kappa shape index (κ1) is 22.5. The van der Waals surface area contributed by atoms with Crippen molar-refractivity contribution < 1.29 is 23.4 Å². The van der Waals surface area contributed by atoms with Crippen molar-refractivity contribution in [1.29, 1.82) is 5.41 Å². The minimum Gasteiger partial charge on any atom is -0.474 e. The van der Waals surface area contributed by atoms with Crippen LogP contribution in [0.15, 0.2) is 24.5 Å².